The van der Waals surface area contributed by atoms with Crippen LogP contribution in [0, 0.1) is 0 Å². The number of benzene rings is 1. The number of carbonyl (C=O) groups is 3. The minimum Gasteiger partial charge on any atom is -0.316 e. The van der Waals surface area contributed by atoms with Gasteiger partial charge in [0.05, 0.1) is 6.61 Å². The van der Waals surface area contributed by atoms with Crippen molar-refractivity contribution in [2.75, 3.05) is 13.2 Å². The minimum atomic E-state index is -4.46. The number of hydroxylamine groups is 2. The predicted octanol–water partition coefficient (Wildman–Crippen LogP) is 0.176. The van der Waals surface area contributed by atoms with Gasteiger partial charge < -0.3 is 25.3 Å². The second-order valence-electron chi connectivity index (χ2n) is 5.63. The molecule has 0 unspecified atom stereocenters. The number of phosphoric ester groups is 1. The molecule has 11 nitrogen and oxygen atoms in total. The first-order valence-electron chi connectivity index (χ1n) is 8.05. The fourth-order valence-corrected chi connectivity index (χ4v) is 2.60. The summed E-state index contributed by atoms with van der Waals surface area (Å²) < 4.78 is 14.9. The van der Waals surface area contributed by atoms with Crippen LogP contribution in [0.1, 0.15) is 24.0 Å². The van der Waals surface area contributed by atoms with Crippen LogP contribution < -0.4 is 10.6 Å². The Labute approximate surface area is 154 Å². The topological polar surface area (TPSA) is 154 Å². The molecule has 0 radical (unpaired) electrons. The van der Waals surface area contributed by atoms with Crippen LogP contribution in [0.15, 0.2) is 24.3 Å². The van der Waals surface area contributed by atoms with E-state index in [1.54, 1.807) is 12.1 Å². The summed E-state index contributed by atoms with van der Waals surface area (Å²) in [6.45, 7) is 0.674. The van der Waals surface area contributed by atoms with Crippen molar-refractivity contribution in [3.05, 3.63) is 35.4 Å². The van der Waals surface area contributed by atoms with Crippen LogP contribution >= 0.6 is 7.82 Å². The average molecular weight is 401 g/mol. The maximum absolute atomic E-state index is 11.7. The molecular formula is C15H20N3O8P. The largest absolute Gasteiger partial charge is 0.469 e. The van der Waals surface area contributed by atoms with E-state index < -0.39 is 25.7 Å². The summed E-state index contributed by atoms with van der Waals surface area (Å²) >= 11 is 0. The summed E-state index contributed by atoms with van der Waals surface area (Å²) in [6.07, 6.45) is -0.850. The number of nitrogens with zero attached hydrogens (tertiary/aromatic N) is 1. The van der Waals surface area contributed by atoms with Crippen LogP contribution in [0.4, 0.5) is 4.79 Å². The van der Waals surface area contributed by atoms with Crippen LogP contribution in [-0.2, 0) is 36.6 Å². The van der Waals surface area contributed by atoms with Crippen LogP contribution in [0.5, 0.6) is 0 Å². The highest BCUT2D eigenvalue weighted by Gasteiger charge is 2.32. The molecule has 0 spiro atoms. The van der Waals surface area contributed by atoms with Gasteiger partial charge in [-0.3, -0.25) is 14.1 Å². The number of carbonyl (C=O) groups excluding carboxylic acids is 3. The smallest absolute Gasteiger partial charge is 0.316 e. The molecule has 1 aliphatic rings. The molecule has 1 saturated heterocycles. The Morgan fingerprint density at radius 1 is 1.15 bits per heavy atom. The zero-order valence-corrected chi connectivity index (χ0v) is 15.2. The van der Waals surface area contributed by atoms with E-state index >= 15 is 0 Å². The number of amides is 3. The van der Waals surface area contributed by atoms with Crippen molar-refractivity contribution in [2.45, 2.75) is 25.9 Å². The third kappa shape index (κ3) is 7.45. The standard InChI is InChI=1S/C15H20N3O8P/c19-13-4-5-14(20)18(13)26-15(21)17-10-12-3-1-2-11(8-12)9-16-6-7-25-27(22,23)24/h1-3,8,16H,4-7,9-10H2,(H,17,21)(H2,22,23,24). The molecular weight excluding hydrogens is 381 g/mol. The van der Waals surface area contributed by atoms with E-state index in [0.717, 1.165) is 11.1 Å². The second-order valence-corrected chi connectivity index (χ2v) is 6.87. The van der Waals surface area contributed by atoms with Gasteiger partial charge in [0.2, 0.25) is 0 Å². The first-order chi connectivity index (χ1) is 12.7. The molecule has 0 aliphatic carbocycles. The second kappa shape index (κ2) is 9.58. The van der Waals surface area contributed by atoms with Gasteiger partial charge in [0, 0.05) is 32.5 Å². The average Bonchev–Trinajstić information content (AvgIpc) is 2.91. The van der Waals surface area contributed by atoms with Crippen LogP contribution in [0.2, 0.25) is 0 Å². The predicted molar refractivity (Wildman–Crippen MR) is 90.6 cm³/mol. The van der Waals surface area contributed by atoms with Crippen molar-refractivity contribution < 1.29 is 38.1 Å². The van der Waals surface area contributed by atoms with E-state index in [2.05, 4.69) is 15.2 Å². The van der Waals surface area contributed by atoms with E-state index in [9.17, 15) is 18.9 Å². The molecule has 1 fully saturated rings. The fraction of sp³-hybridized carbons (Fsp3) is 0.400. The molecule has 1 aromatic rings. The van der Waals surface area contributed by atoms with Gasteiger partial charge in [-0.2, -0.15) is 0 Å². The highest BCUT2D eigenvalue weighted by molar-refractivity contribution is 7.46. The van der Waals surface area contributed by atoms with Gasteiger partial charge in [-0.05, 0) is 11.1 Å². The summed E-state index contributed by atoms with van der Waals surface area (Å²) in [5.74, 6) is -1.10. The Morgan fingerprint density at radius 3 is 2.41 bits per heavy atom. The molecule has 27 heavy (non-hydrogen) atoms. The molecule has 1 aliphatic heterocycles. The van der Waals surface area contributed by atoms with Crippen molar-refractivity contribution in [1.82, 2.24) is 15.7 Å². The van der Waals surface area contributed by atoms with Crippen LogP contribution in [-0.4, -0.2) is 45.9 Å². The van der Waals surface area contributed by atoms with E-state index in [-0.39, 0.29) is 32.5 Å². The number of nitrogens with one attached hydrogen (secondary N) is 2. The highest BCUT2D eigenvalue weighted by atomic mass is 31.2. The van der Waals surface area contributed by atoms with Gasteiger partial charge in [0.25, 0.3) is 11.8 Å². The molecule has 1 aromatic carbocycles. The van der Waals surface area contributed by atoms with Crippen molar-refractivity contribution in [1.29, 1.82) is 0 Å². The summed E-state index contributed by atoms with van der Waals surface area (Å²) in [5.41, 5.74) is 1.64. The van der Waals surface area contributed by atoms with E-state index in [4.69, 9.17) is 14.6 Å². The summed E-state index contributed by atoms with van der Waals surface area (Å²) in [7, 11) is -4.46. The number of rotatable bonds is 9. The van der Waals surface area contributed by atoms with Crippen molar-refractivity contribution >= 4 is 25.7 Å². The number of phosphoric acid groups is 1. The van der Waals surface area contributed by atoms with E-state index in [0.29, 0.717) is 11.6 Å². The lowest BCUT2D eigenvalue weighted by Gasteiger charge is -2.13. The zero-order chi connectivity index (χ0) is 19.9. The van der Waals surface area contributed by atoms with Crippen LogP contribution in [0.25, 0.3) is 0 Å². The Kier molecular flexibility index (Phi) is 7.45. The summed E-state index contributed by atoms with van der Waals surface area (Å²) in [6, 6.07) is 7.19. The Balaban J connectivity index is 1.73. The van der Waals surface area contributed by atoms with Crippen LogP contribution in [0.3, 0.4) is 0 Å². The molecule has 1 heterocycles. The van der Waals surface area contributed by atoms with Gasteiger partial charge in [-0.15, -0.1) is 5.06 Å². The molecule has 3 amide bonds. The Morgan fingerprint density at radius 2 is 1.78 bits per heavy atom. The molecule has 0 saturated carbocycles. The number of hydrogen-bond donors (Lipinski definition) is 4. The van der Waals surface area contributed by atoms with Gasteiger partial charge in [-0.25, -0.2) is 9.36 Å². The Bertz CT molecular complexity index is 734. The normalized spacial score (nSPS) is 14.5. The third-order valence-corrected chi connectivity index (χ3v) is 3.99. The first kappa shape index (κ1) is 21.0. The molecule has 148 valence electrons. The Hall–Kier alpha value is -2.30. The molecule has 0 atom stereocenters. The molecule has 0 aromatic heterocycles. The maximum Gasteiger partial charge on any atom is 0.469 e. The summed E-state index contributed by atoms with van der Waals surface area (Å²) in [4.78, 5) is 56.3. The van der Waals surface area contributed by atoms with Gasteiger partial charge >= 0.3 is 13.9 Å². The van der Waals surface area contributed by atoms with E-state index in [1.807, 2.05) is 12.1 Å². The maximum atomic E-state index is 11.7. The van der Waals surface area contributed by atoms with Crippen molar-refractivity contribution in [3.63, 3.8) is 0 Å². The molecule has 12 heteroatoms. The zero-order valence-electron chi connectivity index (χ0n) is 14.3. The van der Waals surface area contributed by atoms with Gasteiger partial charge in [0.15, 0.2) is 0 Å². The van der Waals surface area contributed by atoms with Gasteiger partial charge in [-0.1, -0.05) is 24.3 Å². The first-order valence-corrected chi connectivity index (χ1v) is 9.58. The lowest BCUT2D eigenvalue weighted by Crippen LogP contribution is -2.36. The molecule has 2 rings (SSSR count). The summed E-state index contributed by atoms with van der Waals surface area (Å²) in [5, 5.41) is 5.88. The molecule has 0 bridgehead atoms. The lowest BCUT2D eigenvalue weighted by atomic mass is 10.1. The minimum absolute atomic E-state index is 0.0281. The van der Waals surface area contributed by atoms with Crippen molar-refractivity contribution in [2.24, 2.45) is 0 Å². The quantitative estimate of drug-likeness (QED) is 0.258. The highest BCUT2D eigenvalue weighted by Crippen LogP contribution is 2.35. The van der Waals surface area contributed by atoms with Gasteiger partial charge in [0.1, 0.15) is 0 Å². The molecule has 4 N–H and O–H groups in total. The number of hydrogen-bond acceptors (Lipinski definition) is 7. The van der Waals surface area contributed by atoms with E-state index in [1.165, 1.54) is 0 Å². The van der Waals surface area contributed by atoms with Crippen molar-refractivity contribution in [3.8, 4) is 0 Å². The monoisotopic (exact) mass is 401 g/mol. The number of imide groups is 1. The lowest BCUT2D eigenvalue weighted by molar-refractivity contribution is -0.171. The fourth-order valence-electron chi connectivity index (χ4n) is 2.27. The third-order valence-electron chi connectivity index (χ3n) is 3.48. The SMILES string of the molecule is O=C(NCc1cccc(CNCCOP(=O)(O)O)c1)ON1C(=O)CCC1=O.